The molecule has 7 heteroatoms. The third-order valence-corrected chi connectivity index (χ3v) is 4.18. The van der Waals surface area contributed by atoms with E-state index in [4.69, 9.17) is 0 Å². The molecule has 128 valence electrons. The Labute approximate surface area is 139 Å². The molecule has 2 heterocycles. The van der Waals surface area contributed by atoms with E-state index in [9.17, 15) is 13.9 Å². The first-order valence-corrected chi connectivity index (χ1v) is 7.79. The standard InChI is InChI=1S/C17H20F2N4O/c1-22(2)17-20-7-11(8-21-17)9-23-10-13(24)6-16(23)14-5-12(18)3-4-15(14)19/h3-5,7-8,13,16,24H,6,9-10H2,1-2H3. The fourth-order valence-corrected chi connectivity index (χ4v) is 3.04. The van der Waals surface area contributed by atoms with Crippen LogP contribution in [0.25, 0.3) is 0 Å². The van der Waals surface area contributed by atoms with Crippen LogP contribution in [0.5, 0.6) is 0 Å². The summed E-state index contributed by atoms with van der Waals surface area (Å²) >= 11 is 0. The average Bonchev–Trinajstić information content (AvgIpc) is 2.90. The fraction of sp³-hybridized carbons (Fsp3) is 0.412. The lowest BCUT2D eigenvalue weighted by molar-refractivity contribution is 0.172. The fourth-order valence-electron chi connectivity index (χ4n) is 3.04. The molecule has 0 radical (unpaired) electrons. The Balaban J connectivity index is 1.81. The summed E-state index contributed by atoms with van der Waals surface area (Å²) in [5.74, 6) is -0.334. The van der Waals surface area contributed by atoms with Gasteiger partial charge in [-0.25, -0.2) is 18.7 Å². The minimum absolute atomic E-state index is 0.275. The summed E-state index contributed by atoms with van der Waals surface area (Å²) in [5, 5.41) is 9.99. The van der Waals surface area contributed by atoms with Crippen LogP contribution in [0.15, 0.2) is 30.6 Å². The van der Waals surface area contributed by atoms with Crippen molar-refractivity contribution in [1.82, 2.24) is 14.9 Å². The van der Waals surface area contributed by atoms with Crippen molar-refractivity contribution in [3.05, 3.63) is 53.4 Å². The van der Waals surface area contributed by atoms with Crippen LogP contribution in [0.4, 0.5) is 14.7 Å². The number of aliphatic hydroxyl groups is 1. The van der Waals surface area contributed by atoms with E-state index >= 15 is 0 Å². The number of rotatable bonds is 4. The molecular weight excluding hydrogens is 314 g/mol. The molecule has 1 fully saturated rings. The van der Waals surface area contributed by atoms with Crippen LogP contribution >= 0.6 is 0 Å². The smallest absolute Gasteiger partial charge is 0.224 e. The van der Waals surface area contributed by atoms with E-state index in [0.717, 1.165) is 17.7 Å². The van der Waals surface area contributed by atoms with E-state index in [1.807, 2.05) is 19.0 Å². The predicted molar refractivity (Wildman–Crippen MR) is 86.5 cm³/mol. The summed E-state index contributed by atoms with van der Waals surface area (Å²) in [6, 6.07) is 3.06. The summed E-state index contributed by atoms with van der Waals surface area (Å²) < 4.78 is 27.6. The molecule has 0 aliphatic carbocycles. The molecule has 2 unspecified atom stereocenters. The van der Waals surface area contributed by atoms with Crippen molar-refractivity contribution in [3.63, 3.8) is 0 Å². The Morgan fingerprint density at radius 1 is 1.25 bits per heavy atom. The van der Waals surface area contributed by atoms with Crippen molar-refractivity contribution in [2.24, 2.45) is 0 Å². The predicted octanol–water partition coefficient (Wildman–Crippen LogP) is 2.13. The number of aromatic nitrogens is 2. The second kappa shape index (κ2) is 6.78. The lowest BCUT2D eigenvalue weighted by Gasteiger charge is -2.24. The summed E-state index contributed by atoms with van der Waals surface area (Å²) in [7, 11) is 3.71. The van der Waals surface area contributed by atoms with Crippen LogP contribution in [-0.2, 0) is 6.54 Å². The van der Waals surface area contributed by atoms with E-state index in [-0.39, 0.29) is 11.6 Å². The number of benzene rings is 1. The molecule has 1 N–H and O–H groups in total. The maximum Gasteiger partial charge on any atom is 0.224 e. The van der Waals surface area contributed by atoms with Crippen LogP contribution in [0.2, 0.25) is 0 Å². The third-order valence-electron chi connectivity index (χ3n) is 4.18. The van der Waals surface area contributed by atoms with Gasteiger partial charge in [0.25, 0.3) is 0 Å². The van der Waals surface area contributed by atoms with E-state index in [0.29, 0.717) is 25.5 Å². The normalized spacial score (nSPS) is 21.2. The molecule has 0 spiro atoms. The number of anilines is 1. The van der Waals surface area contributed by atoms with Gasteiger partial charge in [0.2, 0.25) is 5.95 Å². The molecule has 2 aromatic rings. The molecule has 1 aliphatic heterocycles. The number of likely N-dealkylation sites (tertiary alicyclic amines) is 1. The molecule has 1 saturated heterocycles. The Hall–Kier alpha value is -2.12. The molecule has 24 heavy (non-hydrogen) atoms. The molecule has 0 bridgehead atoms. The van der Waals surface area contributed by atoms with Gasteiger partial charge < -0.3 is 10.0 Å². The first kappa shape index (κ1) is 16.7. The largest absolute Gasteiger partial charge is 0.392 e. The van der Waals surface area contributed by atoms with Crippen molar-refractivity contribution in [3.8, 4) is 0 Å². The van der Waals surface area contributed by atoms with E-state index in [2.05, 4.69) is 9.97 Å². The van der Waals surface area contributed by atoms with Gasteiger partial charge in [-0.2, -0.15) is 0 Å². The van der Waals surface area contributed by atoms with Gasteiger partial charge in [-0.15, -0.1) is 0 Å². The second-order valence-corrected chi connectivity index (χ2v) is 6.29. The molecule has 0 amide bonds. The lowest BCUT2D eigenvalue weighted by Crippen LogP contribution is -2.25. The van der Waals surface area contributed by atoms with Gasteiger partial charge in [-0.05, 0) is 24.6 Å². The van der Waals surface area contributed by atoms with Gasteiger partial charge in [0.1, 0.15) is 11.6 Å². The summed E-state index contributed by atoms with van der Waals surface area (Å²) in [6.45, 7) is 0.863. The maximum absolute atomic E-state index is 14.1. The SMILES string of the molecule is CN(C)c1ncc(CN2CC(O)CC2c2cc(F)ccc2F)cn1. The quantitative estimate of drug-likeness (QED) is 0.928. The Morgan fingerprint density at radius 3 is 2.62 bits per heavy atom. The van der Waals surface area contributed by atoms with Crippen LogP contribution in [0.3, 0.4) is 0 Å². The van der Waals surface area contributed by atoms with E-state index in [1.54, 1.807) is 17.3 Å². The number of aliphatic hydroxyl groups excluding tert-OH is 1. The van der Waals surface area contributed by atoms with Crippen molar-refractivity contribution in [2.45, 2.75) is 25.1 Å². The topological polar surface area (TPSA) is 52.5 Å². The molecule has 1 aromatic carbocycles. The van der Waals surface area contributed by atoms with Gasteiger partial charge >= 0.3 is 0 Å². The maximum atomic E-state index is 14.1. The Bertz CT molecular complexity index is 708. The van der Waals surface area contributed by atoms with Crippen LogP contribution in [-0.4, -0.2) is 46.7 Å². The van der Waals surface area contributed by atoms with E-state index in [1.165, 1.54) is 6.07 Å². The zero-order valence-electron chi connectivity index (χ0n) is 13.7. The molecule has 1 aromatic heterocycles. The van der Waals surface area contributed by atoms with Gasteiger partial charge in [-0.1, -0.05) is 0 Å². The lowest BCUT2D eigenvalue weighted by atomic mass is 10.0. The van der Waals surface area contributed by atoms with Crippen LogP contribution < -0.4 is 4.90 Å². The monoisotopic (exact) mass is 334 g/mol. The number of nitrogens with zero attached hydrogens (tertiary/aromatic N) is 4. The summed E-state index contributed by atoms with van der Waals surface area (Å²) in [4.78, 5) is 12.2. The van der Waals surface area contributed by atoms with Crippen molar-refractivity contribution < 1.29 is 13.9 Å². The first-order chi connectivity index (χ1) is 11.4. The zero-order chi connectivity index (χ0) is 17.3. The minimum Gasteiger partial charge on any atom is -0.392 e. The van der Waals surface area contributed by atoms with Gasteiger partial charge in [0, 0.05) is 56.7 Å². The minimum atomic E-state index is -0.570. The van der Waals surface area contributed by atoms with Crippen molar-refractivity contribution >= 4 is 5.95 Å². The molecular formula is C17H20F2N4O. The Kier molecular flexibility index (Phi) is 4.73. The number of β-amino-alcohol motifs (C(OH)–C–C–N with tert-alkyl or cyclic N) is 1. The van der Waals surface area contributed by atoms with Crippen molar-refractivity contribution in [1.29, 1.82) is 0 Å². The number of halogens is 2. The number of hydrogen-bond acceptors (Lipinski definition) is 5. The average molecular weight is 334 g/mol. The van der Waals surface area contributed by atoms with Crippen LogP contribution in [0, 0.1) is 11.6 Å². The highest BCUT2D eigenvalue weighted by Gasteiger charge is 2.33. The third kappa shape index (κ3) is 3.52. The van der Waals surface area contributed by atoms with Crippen molar-refractivity contribution in [2.75, 3.05) is 25.5 Å². The van der Waals surface area contributed by atoms with Gasteiger partial charge in [-0.3, -0.25) is 4.90 Å². The molecule has 2 atom stereocenters. The highest BCUT2D eigenvalue weighted by atomic mass is 19.1. The van der Waals surface area contributed by atoms with Gasteiger partial charge in [0.15, 0.2) is 0 Å². The highest BCUT2D eigenvalue weighted by Crippen LogP contribution is 2.35. The first-order valence-electron chi connectivity index (χ1n) is 7.79. The Morgan fingerprint density at radius 2 is 1.96 bits per heavy atom. The summed E-state index contributed by atoms with van der Waals surface area (Å²) in [6.07, 6.45) is 3.23. The molecule has 0 saturated carbocycles. The van der Waals surface area contributed by atoms with Crippen LogP contribution in [0.1, 0.15) is 23.6 Å². The second-order valence-electron chi connectivity index (χ2n) is 6.29. The highest BCUT2D eigenvalue weighted by molar-refractivity contribution is 5.27. The molecule has 3 rings (SSSR count). The van der Waals surface area contributed by atoms with Gasteiger partial charge in [0.05, 0.1) is 6.10 Å². The molecule has 1 aliphatic rings. The molecule has 5 nitrogen and oxygen atoms in total. The zero-order valence-corrected chi connectivity index (χ0v) is 13.7. The summed E-state index contributed by atoms with van der Waals surface area (Å²) in [5.41, 5.74) is 1.13. The van der Waals surface area contributed by atoms with E-state index < -0.39 is 17.7 Å². The number of hydrogen-bond donors (Lipinski definition) is 1.